The van der Waals surface area contributed by atoms with Crippen LogP contribution in [-0.4, -0.2) is 23.8 Å². The molecule has 0 atom stereocenters. The molecular weight excluding hydrogens is 306 g/mol. The van der Waals surface area contributed by atoms with Gasteiger partial charge in [-0.05, 0) is 49.8 Å². The largest absolute Gasteiger partial charge is 0.349 e. The molecule has 2 rings (SSSR count). The first-order valence-corrected chi connectivity index (χ1v) is 8.34. The summed E-state index contributed by atoms with van der Waals surface area (Å²) in [5, 5.41) is 8.36. The molecule has 0 saturated heterocycles. The lowest BCUT2D eigenvalue weighted by Crippen LogP contribution is -2.37. The maximum atomic E-state index is 12.5. The van der Waals surface area contributed by atoms with Crippen molar-refractivity contribution in [2.45, 2.75) is 52.5 Å². The van der Waals surface area contributed by atoms with Crippen molar-refractivity contribution in [2.24, 2.45) is 5.92 Å². The summed E-state index contributed by atoms with van der Waals surface area (Å²) in [7, 11) is 0. The molecule has 0 aliphatic heterocycles. The second kappa shape index (κ2) is 7.95. The van der Waals surface area contributed by atoms with Gasteiger partial charge in [-0.1, -0.05) is 6.92 Å². The van der Waals surface area contributed by atoms with Crippen LogP contribution in [0.4, 0.5) is 11.4 Å². The third-order valence-corrected chi connectivity index (χ3v) is 4.19. The average Bonchev–Trinajstić information content (AvgIpc) is 2.48. The molecule has 0 bridgehead atoms. The van der Waals surface area contributed by atoms with Crippen LogP contribution < -0.4 is 16.0 Å². The Morgan fingerprint density at radius 1 is 0.875 bits per heavy atom. The maximum absolute atomic E-state index is 12.5. The smallest absolute Gasteiger partial charge is 0.251 e. The van der Waals surface area contributed by atoms with Crippen LogP contribution in [0.3, 0.4) is 0 Å². The first-order valence-electron chi connectivity index (χ1n) is 8.34. The highest BCUT2D eigenvalue weighted by Crippen LogP contribution is 2.24. The number of benzene rings is 1. The van der Waals surface area contributed by atoms with E-state index in [-0.39, 0.29) is 23.8 Å². The first kappa shape index (κ1) is 18.0. The quantitative estimate of drug-likeness (QED) is 0.793. The Morgan fingerprint density at radius 2 is 1.38 bits per heavy atom. The lowest BCUT2D eigenvalue weighted by Gasteiger charge is -2.27. The van der Waals surface area contributed by atoms with E-state index in [9.17, 15) is 14.4 Å². The van der Waals surface area contributed by atoms with Crippen molar-refractivity contribution in [3.63, 3.8) is 0 Å². The molecule has 3 N–H and O–H groups in total. The summed E-state index contributed by atoms with van der Waals surface area (Å²) in [6, 6.07) is 5.05. The first-order chi connectivity index (χ1) is 11.3. The SMILES string of the molecule is CC(=O)Nc1cc(NC(C)=O)cc(C(=O)NC2CCC(C)CC2)c1. The van der Waals surface area contributed by atoms with Crippen molar-refractivity contribution in [2.75, 3.05) is 10.6 Å². The molecule has 1 aromatic carbocycles. The molecule has 0 spiro atoms. The van der Waals surface area contributed by atoms with Crippen molar-refractivity contribution < 1.29 is 14.4 Å². The van der Waals surface area contributed by atoms with E-state index in [1.807, 2.05) is 0 Å². The molecular formula is C18H25N3O3. The molecule has 0 heterocycles. The molecule has 0 unspecified atom stereocenters. The summed E-state index contributed by atoms with van der Waals surface area (Å²) in [4.78, 5) is 35.1. The lowest BCUT2D eigenvalue weighted by atomic mass is 9.87. The Kier molecular flexibility index (Phi) is 5.95. The maximum Gasteiger partial charge on any atom is 0.251 e. The monoisotopic (exact) mass is 331 g/mol. The van der Waals surface area contributed by atoms with Crippen molar-refractivity contribution in [3.8, 4) is 0 Å². The number of hydrogen-bond donors (Lipinski definition) is 3. The van der Waals surface area contributed by atoms with Gasteiger partial charge in [0, 0.05) is 36.8 Å². The van der Waals surface area contributed by atoms with Gasteiger partial charge in [0.2, 0.25) is 11.8 Å². The number of nitrogens with one attached hydrogen (secondary N) is 3. The zero-order valence-corrected chi connectivity index (χ0v) is 14.4. The lowest BCUT2D eigenvalue weighted by molar-refractivity contribution is -0.115. The van der Waals surface area contributed by atoms with E-state index < -0.39 is 0 Å². The minimum atomic E-state index is -0.234. The molecule has 1 aliphatic carbocycles. The molecule has 6 heteroatoms. The van der Waals surface area contributed by atoms with Gasteiger partial charge in [-0.25, -0.2) is 0 Å². The predicted octanol–water partition coefficient (Wildman–Crippen LogP) is 2.91. The van der Waals surface area contributed by atoms with Crippen LogP contribution in [0.5, 0.6) is 0 Å². The molecule has 130 valence electrons. The topological polar surface area (TPSA) is 87.3 Å². The summed E-state index contributed by atoms with van der Waals surface area (Å²) in [6.07, 6.45) is 4.20. The van der Waals surface area contributed by atoms with Crippen molar-refractivity contribution in [1.82, 2.24) is 5.32 Å². The fourth-order valence-electron chi connectivity index (χ4n) is 2.98. The Morgan fingerprint density at radius 3 is 1.83 bits per heavy atom. The molecule has 1 saturated carbocycles. The number of carbonyl (C=O) groups excluding carboxylic acids is 3. The van der Waals surface area contributed by atoms with Gasteiger partial charge in [-0.2, -0.15) is 0 Å². The minimum absolute atomic E-state index is 0.183. The molecule has 0 radical (unpaired) electrons. The highest BCUT2D eigenvalue weighted by atomic mass is 16.2. The molecule has 3 amide bonds. The Balaban J connectivity index is 2.15. The van der Waals surface area contributed by atoms with Crippen LogP contribution >= 0.6 is 0 Å². The second-order valence-corrected chi connectivity index (χ2v) is 6.59. The van der Waals surface area contributed by atoms with Gasteiger partial charge in [0.1, 0.15) is 0 Å². The third kappa shape index (κ3) is 5.37. The van der Waals surface area contributed by atoms with E-state index in [1.54, 1.807) is 18.2 Å². The number of anilines is 2. The van der Waals surface area contributed by atoms with Gasteiger partial charge in [-0.3, -0.25) is 14.4 Å². The predicted molar refractivity (Wildman–Crippen MR) is 93.9 cm³/mol. The number of rotatable bonds is 4. The normalized spacial score (nSPS) is 20.1. The fourth-order valence-corrected chi connectivity index (χ4v) is 2.98. The fraction of sp³-hybridized carbons (Fsp3) is 0.500. The zero-order valence-electron chi connectivity index (χ0n) is 14.4. The van der Waals surface area contributed by atoms with E-state index in [1.165, 1.54) is 13.8 Å². The Labute approximate surface area is 142 Å². The van der Waals surface area contributed by atoms with Gasteiger partial charge in [0.25, 0.3) is 5.91 Å². The van der Waals surface area contributed by atoms with Crippen molar-refractivity contribution in [1.29, 1.82) is 0 Å². The van der Waals surface area contributed by atoms with Gasteiger partial charge < -0.3 is 16.0 Å². The van der Waals surface area contributed by atoms with Crippen molar-refractivity contribution >= 4 is 29.1 Å². The zero-order chi connectivity index (χ0) is 17.7. The molecule has 24 heavy (non-hydrogen) atoms. The molecule has 1 aliphatic rings. The van der Waals surface area contributed by atoms with Gasteiger partial charge in [0.05, 0.1) is 0 Å². The average molecular weight is 331 g/mol. The highest BCUT2D eigenvalue weighted by Gasteiger charge is 2.20. The van der Waals surface area contributed by atoms with Crippen LogP contribution in [0, 0.1) is 5.92 Å². The number of amides is 3. The van der Waals surface area contributed by atoms with Gasteiger partial charge in [0.15, 0.2) is 0 Å². The summed E-state index contributed by atoms with van der Waals surface area (Å²) in [5.74, 6) is 0.0613. The van der Waals surface area contributed by atoms with Crippen LogP contribution in [0.2, 0.25) is 0 Å². The van der Waals surface area contributed by atoms with Crippen LogP contribution in [-0.2, 0) is 9.59 Å². The number of hydrogen-bond acceptors (Lipinski definition) is 3. The Hall–Kier alpha value is -2.37. The van der Waals surface area contributed by atoms with Crippen LogP contribution in [0.15, 0.2) is 18.2 Å². The van der Waals surface area contributed by atoms with E-state index in [2.05, 4.69) is 22.9 Å². The summed E-state index contributed by atoms with van der Waals surface area (Å²) < 4.78 is 0. The summed E-state index contributed by atoms with van der Waals surface area (Å²) >= 11 is 0. The van der Waals surface area contributed by atoms with Crippen LogP contribution in [0.1, 0.15) is 56.8 Å². The summed E-state index contributed by atoms with van der Waals surface area (Å²) in [6.45, 7) is 5.02. The Bertz CT molecular complexity index is 600. The van der Waals surface area contributed by atoms with Gasteiger partial charge in [-0.15, -0.1) is 0 Å². The molecule has 1 fully saturated rings. The minimum Gasteiger partial charge on any atom is -0.349 e. The van der Waals surface area contributed by atoms with Crippen molar-refractivity contribution in [3.05, 3.63) is 23.8 Å². The standard InChI is InChI=1S/C18H25N3O3/c1-11-4-6-15(7-5-11)21-18(24)14-8-16(19-12(2)22)10-17(9-14)20-13(3)23/h8-11,15H,4-7H2,1-3H3,(H,19,22)(H,20,23)(H,21,24). The second-order valence-electron chi connectivity index (χ2n) is 6.59. The van der Waals surface area contributed by atoms with Crippen LogP contribution in [0.25, 0.3) is 0 Å². The highest BCUT2D eigenvalue weighted by molar-refractivity contribution is 6.00. The van der Waals surface area contributed by atoms with E-state index >= 15 is 0 Å². The third-order valence-electron chi connectivity index (χ3n) is 4.19. The summed E-state index contributed by atoms with van der Waals surface area (Å²) in [5.41, 5.74) is 1.39. The van der Waals surface area contributed by atoms with Gasteiger partial charge >= 0.3 is 0 Å². The number of carbonyl (C=O) groups is 3. The molecule has 0 aromatic heterocycles. The van der Waals surface area contributed by atoms with E-state index in [0.29, 0.717) is 22.9 Å². The van der Waals surface area contributed by atoms with E-state index in [0.717, 1.165) is 25.7 Å². The van der Waals surface area contributed by atoms with E-state index in [4.69, 9.17) is 0 Å². The molecule has 1 aromatic rings. The molecule has 6 nitrogen and oxygen atoms in total.